The van der Waals surface area contributed by atoms with Gasteiger partial charge >= 0.3 is 7.12 Å². The Labute approximate surface area is 95.9 Å². The van der Waals surface area contributed by atoms with Crippen LogP contribution in [0.15, 0.2) is 34.8 Å². The van der Waals surface area contributed by atoms with Crippen LogP contribution in [0.25, 0.3) is 0 Å². The SMILES string of the molecule is CC1(C)OB(C2=C=C=C(O)C=C2)OC1(C)C. The first-order valence-corrected chi connectivity index (χ1v) is 5.30. The minimum absolute atomic E-state index is 0.0697. The molecule has 0 aromatic heterocycles. The lowest BCUT2D eigenvalue weighted by Crippen LogP contribution is -2.41. The van der Waals surface area contributed by atoms with Gasteiger partial charge in [0.15, 0.2) is 5.76 Å². The minimum atomic E-state index is -0.443. The van der Waals surface area contributed by atoms with Gasteiger partial charge in [0.25, 0.3) is 0 Å². The Morgan fingerprint density at radius 2 is 1.62 bits per heavy atom. The molecule has 0 amide bonds. The van der Waals surface area contributed by atoms with Gasteiger partial charge in [-0.25, -0.2) is 0 Å². The summed E-state index contributed by atoms with van der Waals surface area (Å²) in [6.07, 6.45) is 3.28. The fraction of sp³-hybridized carbons (Fsp3) is 0.500. The molecule has 0 aromatic rings. The average molecular weight is 218 g/mol. The third-order valence-electron chi connectivity index (χ3n) is 3.26. The van der Waals surface area contributed by atoms with Gasteiger partial charge < -0.3 is 14.4 Å². The molecule has 0 atom stereocenters. The molecule has 0 saturated carbocycles. The predicted molar refractivity (Wildman–Crippen MR) is 61.9 cm³/mol. The van der Waals surface area contributed by atoms with E-state index in [1.807, 2.05) is 27.7 Å². The quantitative estimate of drug-likeness (QED) is 0.542. The maximum atomic E-state index is 9.14. The number of rotatable bonds is 1. The molecule has 0 unspecified atom stereocenters. The lowest BCUT2D eigenvalue weighted by Gasteiger charge is -2.32. The predicted octanol–water partition coefficient (Wildman–Crippen LogP) is 2.31. The summed E-state index contributed by atoms with van der Waals surface area (Å²) in [4.78, 5) is 0. The molecule has 1 N–H and O–H groups in total. The monoisotopic (exact) mass is 218 g/mol. The van der Waals surface area contributed by atoms with E-state index in [0.717, 1.165) is 5.47 Å². The Balaban J connectivity index is 2.29. The zero-order valence-electron chi connectivity index (χ0n) is 10.00. The summed E-state index contributed by atoms with van der Waals surface area (Å²) in [5, 5.41) is 9.14. The topological polar surface area (TPSA) is 38.7 Å². The molecule has 4 heteroatoms. The van der Waals surface area contributed by atoms with Crippen molar-refractivity contribution < 1.29 is 14.4 Å². The van der Waals surface area contributed by atoms with Crippen LogP contribution in [0, 0.1) is 0 Å². The molecule has 1 fully saturated rings. The summed E-state index contributed by atoms with van der Waals surface area (Å²) in [5.74, 6) is 0.0697. The van der Waals surface area contributed by atoms with Crippen LogP contribution in [-0.4, -0.2) is 23.4 Å². The Morgan fingerprint density at radius 3 is 2.06 bits per heavy atom. The summed E-state index contributed by atoms with van der Waals surface area (Å²) in [6, 6.07) is 0. The molecule has 0 spiro atoms. The first-order chi connectivity index (χ1) is 7.32. The van der Waals surface area contributed by atoms with Crippen LogP contribution >= 0.6 is 0 Å². The van der Waals surface area contributed by atoms with E-state index in [9.17, 15) is 0 Å². The van der Waals surface area contributed by atoms with E-state index in [-0.39, 0.29) is 17.0 Å². The van der Waals surface area contributed by atoms with Crippen molar-refractivity contribution in [3.8, 4) is 0 Å². The van der Waals surface area contributed by atoms with Gasteiger partial charge in [-0.3, -0.25) is 0 Å². The lowest BCUT2D eigenvalue weighted by molar-refractivity contribution is 0.00578. The molecule has 0 radical (unpaired) electrons. The van der Waals surface area contributed by atoms with Gasteiger partial charge in [0, 0.05) is 5.47 Å². The molecule has 3 nitrogen and oxygen atoms in total. The van der Waals surface area contributed by atoms with Crippen LogP contribution in [0.3, 0.4) is 0 Å². The summed E-state index contributed by atoms with van der Waals surface area (Å²) in [5.41, 5.74) is 5.46. The second-order valence-electron chi connectivity index (χ2n) is 5.01. The van der Waals surface area contributed by atoms with Gasteiger partial charge in [0.1, 0.15) is 0 Å². The average Bonchev–Trinajstić information content (AvgIpc) is 2.37. The molecular formula is C12H15BO3. The zero-order valence-corrected chi connectivity index (χ0v) is 10.00. The van der Waals surface area contributed by atoms with Crippen LogP contribution in [0.5, 0.6) is 0 Å². The fourth-order valence-corrected chi connectivity index (χ4v) is 1.50. The van der Waals surface area contributed by atoms with Crippen LogP contribution < -0.4 is 0 Å². The van der Waals surface area contributed by atoms with Crippen molar-refractivity contribution in [2.45, 2.75) is 38.9 Å². The molecule has 2 aliphatic rings. The molecule has 84 valence electrons. The van der Waals surface area contributed by atoms with E-state index in [2.05, 4.69) is 11.5 Å². The Hall–Kier alpha value is -1.18. The van der Waals surface area contributed by atoms with E-state index >= 15 is 0 Å². The fourth-order valence-electron chi connectivity index (χ4n) is 1.50. The van der Waals surface area contributed by atoms with E-state index in [1.54, 1.807) is 12.2 Å². The van der Waals surface area contributed by atoms with Gasteiger partial charge in [-0.15, -0.1) is 0 Å². The third kappa shape index (κ3) is 1.77. The van der Waals surface area contributed by atoms with Crippen LogP contribution in [0.2, 0.25) is 0 Å². The lowest BCUT2D eigenvalue weighted by atomic mass is 9.78. The van der Waals surface area contributed by atoms with Gasteiger partial charge in [-0.2, -0.15) is 0 Å². The second-order valence-corrected chi connectivity index (χ2v) is 5.01. The molecule has 1 heterocycles. The zero-order chi connectivity index (χ0) is 12.0. The molecule has 0 bridgehead atoms. The number of hydrogen-bond donors (Lipinski definition) is 1. The molecule has 0 aromatic carbocycles. The highest BCUT2D eigenvalue weighted by Crippen LogP contribution is 2.38. The highest BCUT2D eigenvalue weighted by molar-refractivity contribution is 6.55. The van der Waals surface area contributed by atoms with Gasteiger partial charge in [0.05, 0.1) is 11.2 Å². The van der Waals surface area contributed by atoms with E-state index in [4.69, 9.17) is 14.4 Å². The van der Waals surface area contributed by atoms with Gasteiger partial charge in [-0.1, -0.05) is 5.73 Å². The van der Waals surface area contributed by atoms with E-state index < -0.39 is 7.12 Å². The Bertz CT molecular complexity index is 431. The second kappa shape index (κ2) is 3.41. The van der Waals surface area contributed by atoms with Crippen molar-refractivity contribution in [1.29, 1.82) is 0 Å². The maximum absolute atomic E-state index is 9.14. The third-order valence-corrected chi connectivity index (χ3v) is 3.26. The van der Waals surface area contributed by atoms with Crippen molar-refractivity contribution in [3.05, 3.63) is 34.8 Å². The van der Waals surface area contributed by atoms with Crippen LogP contribution in [0.1, 0.15) is 27.7 Å². The van der Waals surface area contributed by atoms with Crippen molar-refractivity contribution >= 4 is 7.12 Å². The van der Waals surface area contributed by atoms with Crippen molar-refractivity contribution in [3.63, 3.8) is 0 Å². The molecular weight excluding hydrogens is 203 g/mol. The highest BCUT2D eigenvalue weighted by atomic mass is 16.7. The molecule has 16 heavy (non-hydrogen) atoms. The normalized spacial score (nSPS) is 25.6. The maximum Gasteiger partial charge on any atom is 0.503 e. The van der Waals surface area contributed by atoms with E-state index in [0.29, 0.717) is 0 Å². The smallest absolute Gasteiger partial charge is 0.501 e. The number of hydrogen-bond acceptors (Lipinski definition) is 3. The Kier molecular flexibility index (Phi) is 2.41. The van der Waals surface area contributed by atoms with Crippen LogP contribution in [0.4, 0.5) is 0 Å². The molecule has 2 rings (SSSR count). The molecule has 1 aliphatic carbocycles. The minimum Gasteiger partial charge on any atom is -0.501 e. The largest absolute Gasteiger partial charge is 0.503 e. The summed E-state index contributed by atoms with van der Waals surface area (Å²) in [6.45, 7) is 7.99. The van der Waals surface area contributed by atoms with Crippen molar-refractivity contribution in [2.75, 3.05) is 0 Å². The number of aliphatic hydroxyl groups excluding tert-OH is 1. The first kappa shape index (κ1) is 11.3. The van der Waals surface area contributed by atoms with E-state index in [1.165, 1.54) is 0 Å². The first-order valence-electron chi connectivity index (χ1n) is 5.30. The Morgan fingerprint density at radius 1 is 1.06 bits per heavy atom. The van der Waals surface area contributed by atoms with Crippen molar-refractivity contribution in [1.82, 2.24) is 0 Å². The molecule has 1 saturated heterocycles. The standard InChI is InChI=1S/C12H15BO3/c1-11(2)12(3,4)16-13(15-11)9-5-7-10(14)8-6-9/h5,7,14H,1-4H3. The highest BCUT2D eigenvalue weighted by Gasteiger charge is 2.52. The van der Waals surface area contributed by atoms with Crippen LogP contribution in [-0.2, 0) is 9.31 Å². The summed E-state index contributed by atoms with van der Waals surface area (Å²) < 4.78 is 11.7. The number of aliphatic hydroxyl groups is 1. The van der Waals surface area contributed by atoms with Gasteiger partial charge in [-0.05, 0) is 45.6 Å². The summed E-state index contributed by atoms with van der Waals surface area (Å²) >= 11 is 0. The van der Waals surface area contributed by atoms with Crippen molar-refractivity contribution in [2.24, 2.45) is 0 Å². The molecule has 1 aliphatic heterocycles. The number of allylic oxidation sites excluding steroid dienone is 3. The summed E-state index contributed by atoms with van der Waals surface area (Å²) in [7, 11) is -0.443. The van der Waals surface area contributed by atoms with Gasteiger partial charge in [0.2, 0.25) is 0 Å².